The summed E-state index contributed by atoms with van der Waals surface area (Å²) in [4.78, 5) is 18.1. The number of halogens is 1. The number of hydrogen-bond donors (Lipinski definition) is 1. The van der Waals surface area contributed by atoms with Crippen LogP contribution in [0.3, 0.4) is 0 Å². The summed E-state index contributed by atoms with van der Waals surface area (Å²) >= 11 is 1.51. The number of hydrogen-bond acceptors (Lipinski definition) is 4. The molecule has 0 fully saturated rings. The quantitative estimate of drug-likeness (QED) is 0.864. The molecule has 0 saturated heterocycles. The Kier molecular flexibility index (Phi) is 8.12. The molecule has 2 N–H and O–H groups in total. The molecular weight excluding hydrogens is 258 g/mol. The zero-order valence-corrected chi connectivity index (χ0v) is 11.9. The Balaban J connectivity index is 0.00000256. The number of thiazole rings is 1. The van der Waals surface area contributed by atoms with E-state index in [2.05, 4.69) is 11.9 Å². The molecular formula is C11H20ClN3OS. The monoisotopic (exact) mass is 277 g/mol. The number of nitrogens with two attached hydrogens (primary N) is 1. The van der Waals surface area contributed by atoms with Crippen molar-refractivity contribution in [2.24, 2.45) is 5.73 Å². The predicted molar refractivity (Wildman–Crippen MR) is 74.0 cm³/mol. The van der Waals surface area contributed by atoms with E-state index in [9.17, 15) is 4.79 Å². The Bertz CT molecular complexity index is 343. The summed E-state index contributed by atoms with van der Waals surface area (Å²) in [6.07, 6.45) is 1.72. The molecule has 17 heavy (non-hydrogen) atoms. The van der Waals surface area contributed by atoms with Crippen LogP contribution in [0, 0.1) is 0 Å². The zero-order chi connectivity index (χ0) is 12.0. The van der Waals surface area contributed by atoms with Crippen LogP contribution in [0.1, 0.15) is 35.8 Å². The molecule has 1 aromatic heterocycles. The number of nitrogens with zero attached hydrogens (tertiary/aromatic N) is 2. The van der Waals surface area contributed by atoms with Gasteiger partial charge >= 0.3 is 0 Å². The number of aromatic nitrogens is 1. The maximum Gasteiger partial charge on any atom is 0.273 e. The molecule has 4 nitrogen and oxygen atoms in total. The molecule has 0 aliphatic rings. The van der Waals surface area contributed by atoms with Gasteiger partial charge in [0.1, 0.15) is 5.69 Å². The molecule has 0 aromatic carbocycles. The van der Waals surface area contributed by atoms with Crippen molar-refractivity contribution < 1.29 is 4.79 Å². The van der Waals surface area contributed by atoms with Gasteiger partial charge in [-0.2, -0.15) is 0 Å². The third-order valence-corrected chi connectivity index (χ3v) is 3.20. The van der Waals surface area contributed by atoms with Crippen LogP contribution < -0.4 is 5.73 Å². The summed E-state index contributed by atoms with van der Waals surface area (Å²) in [6.45, 7) is 6.15. The van der Waals surface area contributed by atoms with Gasteiger partial charge in [-0.15, -0.1) is 23.7 Å². The van der Waals surface area contributed by atoms with Gasteiger partial charge < -0.3 is 10.6 Å². The van der Waals surface area contributed by atoms with Crippen LogP contribution in [0.5, 0.6) is 0 Å². The van der Waals surface area contributed by atoms with Crippen LogP contribution in [0.4, 0.5) is 0 Å². The van der Waals surface area contributed by atoms with Crippen molar-refractivity contribution in [3.8, 4) is 0 Å². The van der Waals surface area contributed by atoms with E-state index in [-0.39, 0.29) is 18.3 Å². The lowest BCUT2D eigenvalue weighted by molar-refractivity contribution is 0.0759. The van der Waals surface area contributed by atoms with Crippen molar-refractivity contribution in [2.45, 2.75) is 26.7 Å². The van der Waals surface area contributed by atoms with Crippen LogP contribution in [0.25, 0.3) is 0 Å². The lowest BCUT2D eigenvalue weighted by Crippen LogP contribution is -2.31. The molecule has 0 atom stereocenters. The van der Waals surface area contributed by atoms with Gasteiger partial charge in [-0.25, -0.2) is 4.98 Å². The highest BCUT2D eigenvalue weighted by atomic mass is 35.5. The van der Waals surface area contributed by atoms with E-state index < -0.39 is 0 Å². The number of amides is 1. The van der Waals surface area contributed by atoms with Crippen LogP contribution in [0.2, 0.25) is 0 Å². The normalized spacial score (nSPS) is 9.82. The molecule has 0 radical (unpaired) electrons. The maximum atomic E-state index is 12.0. The minimum atomic E-state index is 0. The summed E-state index contributed by atoms with van der Waals surface area (Å²) in [5.41, 5.74) is 6.01. The average molecular weight is 278 g/mol. The molecule has 0 saturated carbocycles. The fourth-order valence-corrected chi connectivity index (χ4v) is 2.27. The number of rotatable bonds is 6. The topological polar surface area (TPSA) is 59.2 Å². The van der Waals surface area contributed by atoms with E-state index in [1.54, 1.807) is 0 Å². The molecule has 1 aromatic rings. The van der Waals surface area contributed by atoms with Gasteiger partial charge in [-0.3, -0.25) is 4.79 Å². The first-order valence-electron chi connectivity index (χ1n) is 5.66. The Morgan fingerprint density at radius 3 is 2.76 bits per heavy atom. The molecule has 0 unspecified atom stereocenters. The molecule has 0 bridgehead atoms. The summed E-state index contributed by atoms with van der Waals surface area (Å²) in [7, 11) is 0. The van der Waals surface area contributed by atoms with Crippen molar-refractivity contribution >= 4 is 29.7 Å². The molecule has 0 aliphatic carbocycles. The van der Waals surface area contributed by atoms with Crippen LogP contribution in [0.15, 0.2) is 5.38 Å². The minimum absolute atomic E-state index is 0. The smallest absolute Gasteiger partial charge is 0.273 e. The van der Waals surface area contributed by atoms with Crippen LogP contribution in [-0.4, -0.2) is 35.4 Å². The Morgan fingerprint density at radius 2 is 2.24 bits per heavy atom. The second-order valence-corrected chi connectivity index (χ2v) is 4.49. The van der Waals surface area contributed by atoms with Gasteiger partial charge in [0.15, 0.2) is 0 Å². The van der Waals surface area contributed by atoms with Crippen molar-refractivity contribution in [3.05, 3.63) is 16.1 Å². The lowest BCUT2D eigenvalue weighted by Gasteiger charge is -2.18. The van der Waals surface area contributed by atoms with Gasteiger partial charge in [0.2, 0.25) is 0 Å². The second-order valence-electron chi connectivity index (χ2n) is 3.55. The van der Waals surface area contributed by atoms with Crippen molar-refractivity contribution in [3.63, 3.8) is 0 Å². The third kappa shape index (κ3) is 4.61. The Labute approximate surface area is 113 Å². The van der Waals surface area contributed by atoms with Crippen molar-refractivity contribution in [2.75, 3.05) is 19.6 Å². The molecule has 98 valence electrons. The lowest BCUT2D eigenvalue weighted by atomic mass is 10.3. The first-order valence-corrected chi connectivity index (χ1v) is 6.54. The highest BCUT2D eigenvalue weighted by Crippen LogP contribution is 2.12. The van der Waals surface area contributed by atoms with Gasteiger partial charge in [0, 0.05) is 24.9 Å². The van der Waals surface area contributed by atoms with E-state index >= 15 is 0 Å². The highest BCUT2D eigenvalue weighted by molar-refractivity contribution is 7.09. The van der Waals surface area contributed by atoms with E-state index in [0.29, 0.717) is 12.2 Å². The summed E-state index contributed by atoms with van der Waals surface area (Å²) < 4.78 is 0. The van der Waals surface area contributed by atoms with Gasteiger partial charge in [0.05, 0.1) is 5.01 Å². The molecule has 1 heterocycles. The first kappa shape index (κ1) is 16.4. The van der Waals surface area contributed by atoms with Crippen LogP contribution >= 0.6 is 23.7 Å². The number of carbonyl (C=O) groups is 1. The van der Waals surface area contributed by atoms with Gasteiger partial charge in [-0.1, -0.05) is 6.92 Å². The van der Waals surface area contributed by atoms with E-state index in [1.165, 1.54) is 11.3 Å². The van der Waals surface area contributed by atoms with E-state index in [4.69, 9.17) is 5.73 Å². The largest absolute Gasteiger partial charge is 0.338 e. The SMILES string of the molecule is CCCN(CC)C(=O)c1csc(CCN)n1.Cl. The minimum Gasteiger partial charge on any atom is -0.338 e. The summed E-state index contributed by atoms with van der Waals surface area (Å²) in [5, 5.41) is 2.77. The van der Waals surface area contributed by atoms with Crippen LogP contribution in [-0.2, 0) is 6.42 Å². The predicted octanol–water partition coefficient (Wildman–Crippen LogP) is 1.94. The molecule has 1 amide bonds. The van der Waals surface area contributed by atoms with Gasteiger partial charge in [-0.05, 0) is 19.9 Å². The van der Waals surface area contributed by atoms with E-state index in [0.717, 1.165) is 30.9 Å². The zero-order valence-electron chi connectivity index (χ0n) is 10.3. The fourth-order valence-electron chi connectivity index (χ4n) is 1.48. The average Bonchev–Trinajstić information content (AvgIpc) is 2.74. The summed E-state index contributed by atoms with van der Waals surface area (Å²) in [6, 6.07) is 0. The molecule has 1 rings (SSSR count). The maximum absolute atomic E-state index is 12.0. The third-order valence-electron chi connectivity index (χ3n) is 2.29. The van der Waals surface area contributed by atoms with Gasteiger partial charge in [0.25, 0.3) is 5.91 Å². The second kappa shape index (κ2) is 8.44. The fraction of sp³-hybridized carbons (Fsp3) is 0.636. The summed E-state index contributed by atoms with van der Waals surface area (Å²) in [5.74, 6) is 0.0314. The molecule has 0 spiro atoms. The first-order chi connectivity index (χ1) is 7.72. The number of carbonyl (C=O) groups excluding carboxylic acids is 1. The molecule has 0 aliphatic heterocycles. The van der Waals surface area contributed by atoms with Crippen molar-refractivity contribution in [1.29, 1.82) is 0 Å². The Morgan fingerprint density at radius 1 is 1.53 bits per heavy atom. The van der Waals surface area contributed by atoms with E-state index in [1.807, 2.05) is 17.2 Å². The standard InChI is InChI=1S/C11H19N3OS.ClH/c1-3-7-14(4-2)11(15)9-8-16-10(13-9)5-6-12;/h8H,3-7,12H2,1-2H3;1H. The van der Waals surface area contributed by atoms with Crippen molar-refractivity contribution in [1.82, 2.24) is 9.88 Å². The Hall–Kier alpha value is -0.650. The highest BCUT2D eigenvalue weighted by Gasteiger charge is 2.16. The molecule has 6 heteroatoms.